The van der Waals surface area contributed by atoms with Gasteiger partial charge in [-0.2, -0.15) is 5.10 Å². The van der Waals surface area contributed by atoms with Gasteiger partial charge in [0.05, 0.1) is 12.8 Å². The van der Waals surface area contributed by atoms with Crippen LogP contribution in [0.1, 0.15) is 23.1 Å². The van der Waals surface area contributed by atoms with Crippen molar-refractivity contribution in [3.05, 3.63) is 28.8 Å². The molecule has 2 heterocycles. The number of aromatic nitrogens is 4. The van der Waals surface area contributed by atoms with Crippen LogP contribution in [0.5, 0.6) is 0 Å². The number of anilines is 2. The number of hydrogen-bond donors (Lipinski definition) is 1. The summed E-state index contributed by atoms with van der Waals surface area (Å²) in [5, 5.41) is 7.36. The first-order valence-electron chi connectivity index (χ1n) is 5.98. The van der Waals surface area contributed by atoms with Crippen LogP contribution in [0.2, 0.25) is 5.15 Å². The molecule has 0 aromatic carbocycles. The lowest BCUT2D eigenvalue weighted by atomic mass is 10.3. The standard InChI is InChI=1S/C12H14ClN5O2/c1-4-20-12(19)8-6-14-18(3)11(8)17-10-5-9(13)15-7(2)16-10/h5-6H,4H2,1-3H3,(H,15,16,17). The Labute approximate surface area is 120 Å². The molecule has 0 bridgehead atoms. The van der Waals surface area contributed by atoms with Crippen LogP contribution in [-0.2, 0) is 11.8 Å². The van der Waals surface area contributed by atoms with Gasteiger partial charge in [-0.1, -0.05) is 11.6 Å². The Hall–Kier alpha value is -2.15. The van der Waals surface area contributed by atoms with Crippen molar-refractivity contribution >= 4 is 29.2 Å². The first kappa shape index (κ1) is 14.3. The number of esters is 1. The Morgan fingerprint density at radius 3 is 2.90 bits per heavy atom. The Morgan fingerprint density at radius 2 is 2.25 bits per heavy atom. The number of ether oxygens (including phenoxy) is 1. The average molecular weight is 296 g/mol. The fourth-order valence-electron chi connectivity index (χ4n) is 1.66. The summed E-state index contributed by atoms with van der Waals surface area (Å²) >= 11 is 5.88. The number of aryl methyl sites for hydroxylation is 2. The molecule has 0 fully saturated rings. The van der Waals surface area contributed by atoms with Gasteiger partial charge >= 0.3 is 5.97 Å². The summed E-state index contributed by atoms with van der Waals surface area (Å²) in [6, 6.07) is 1.57. The van der Waals surface area contributed by atoms with Gasteiger partial charge in [0.2, 0.25) is 0 Å². The van der Waals surface area contributed by atoms with E-state index >= 15 is 0 Å². The van der Waals surface area contributed by atoms with Crippen molar-refractivity contribution in [2.24, 2.45) is 7.05 Å². The number of hydrogen-bond acceptors (Lipinski definition) is 6. The predicted octanol–water partition coefficient (Wildman–Crippen LogP) is 2.09. The summed E-state index contributed by atoms with van der Waals surface area (Å²) < 4.78 is 6.50. The zero-order chi connectivity index (χ0) is 14.7. The second-order valence-electron chi connectivity index (χ2n) is 4.00. The number of carbonyl (C=O) groups is 1. The fraction of sp³-hybridized carbons (Fsp3) is 0.333. The molecule has 2 aromatic heterocycles. The number of nitrogens with one attached hydrogen (secondary N) is 1. The molecule has 0 atom stereocenters. The van der Waals surface area contributed by atoms with Gasteiger partial charge in [-0.3, -0.25) is 4.68 Å². The van der Waals surface area contributed by atoms with E-state index in [9.17, 15) is 4.79 Å². The molecular formula is C12H14ClN5O2. The summed E-state index contributed by atoms with van der Waals surface area (Å²) in [4.78, 5) is 20.0. The topological polar surface area (TPSA) is 81.9 Å². The Kier molecular flexibility index (Phi) is 4.19. The molecule has 2 aromatic rings. The average Bonchev–Trinajstić information content (AvgIpc) is 2.70. The second kappa shape index (κ2) is 5.87. The van der Waals surface area contributed by atoms with Crippen LogP contribution in [0.15, 0.2) is 12.3 Å². The maximum atomic E-state index is 11.8. The van der Waals surface area contributed by atoms with Gasteiger partial charge in [0.25, 0.3) is 0 Å². The molecule has 106 valence electrons. The molecule has 0 saturated heterocycles. The molecule has 0 amide bonds. The molecular weight excluding hydrogens is 282 g/mol. The minimum atomic E-state index is -0.444. The summed E-state index contributed by atoms with van der Waals surface area (Å²) in [6.07, 6.45) is 1.44. The van der Waals surface area contributed by atoms with E-state index in [1.54, 1.807) is 27.0 Å². The number of halogens is 1. The number of nitrogens with zero attached hydrogens (tertiary/aromatic N) is 4. The molecule has 0 saturated carbocycles. The predicted molar refractivity (Wildman–Crippen MR) is 74.2 cm³/mol. The first-order valence-corrected chi connectivity index (χ1v) is 6.36. The fourth-order valence-corrected chi connectivity index (χ4v) is 1.89. The van der Waals surface area contributed by atoms with Gasteiger partial charge in [-0.15, -0.1) is 0 Å². The molecule has 0 spiro atoms. The smallest absolute Gasteiger partial charge is 0.343 e. The highest BCUT2D eigenvalue weighted by Gasteiger charge is 2.18. The second-order valence-corrected chi connectivity index (χ2v) is 4.39. The highest BCUT2D eigenvalue weighted by Crippen LogP contribution is 2.21. The molecule has 2 rings (SSSR count). The molecule has 0 aliphatic heterocycles. The largest absolute Gasteiger partial charge is 0.462 e. The summed E-state index contributed by atoms with van der Waals surface area (Å²) in [5.74, 6) is 1.05. The van der Waals surface area contributed by atoms with Gasteiger partial charge in [0, 0.05) is 13.1 Å². The SMILES string of the molecule is CCOC(=O)c1cnn(C)c1Nc1cc(Cl)nc(C)n1. The summed E-state index contributed by atoms with van der Waals surface area (Å²) in [7, 11) is 1.71. The molecule has 0 aliphatic rings. The number of rotatable bonds is 4. The lowest BCUT2D eigenvalue weighted by Gasteiger charge is -2.09. The van der Waals surface area contributed by atoms with E-state index in [1.807, 2.05) is 0 Å². The lowest BCUT2D eigenvalue weighted by molar-refractivity contribution is 0.0527. The van der Waals surface area contributed by atoms with Crippen LogP contribution in [0.3, 0.4) is 0 Å². The normalized spacial score (nSPS) is 10.4. The van der Waals surface area contributed by atoms with Gasteiger partial charge in [0.1, 0.15) is 28.2 Å². The Balaban J connectivity index is 2.33. The van der Waals surface area contributed by atoms with Crippen molar-refractivity contribution in [1.82, 2.24) is 19.7 Å². The molecule has 20 heavy (non-hydrogen) atoms. The quantitative estimate of drug-likeness (QED) is 0.687. The van der Waals surface area contributed by atoms with Crippen molar-refractivity contribution in [3.8, 4) is 0 Å². The van der Waals surface area contributed by atoms with Gasteiger partial charge in [0.15, 0.2) is 0 Å². The Bertz CT molecular complexity index is 621. The third-order valence-electron chi connectivity index (χ3n) is 2.49. The van der Waals surface area contributed by atoms with Crippen LogP contribution in [0.4, 0.5) is 11.6 Å². The van der Waals surface area contributed by atoms with Crippen molar-refractivity contribution in [2.75, 3.05) is 11.9 Å². The molecule has 0 aliphatic carbocycles. The van der Waals surface area contributed by atoms with Gasteiger partial charge in [-0.25, -0.2) is 14.8 Å². The van der Waals surface area contributed by atoms with Crippen molar-refractivity contribution in [2.45, 2.75) is 13.8 Å². The van der Waals surface area contributed by atoms with Gasteiger partial charge < -0.3 is 10.1 Å². The van der Waals surface area contributed by atoms with E-state index in [0.29, 0.717) is 34.8 Å². The van der Waals surface area contributed by atoms with Gasteiger partial charge in [-0.05, 0) is 13.8 Å². The molecule has 0 radical (unpaired) electrons. The van der Waals surface area contributed by atoms with Crippen molar-refractivity contribution in [3.63, 3.8) is 0 Å². The van der Waals surface area contributed by atoms with E-state index in [4.69, 9.17) is 16.3 Å². The highest BCUT2D eigenvalue weighted by atomic mass is 35.5. The minimum Gasteiger partial charge on any atom is -0.462 e. The summed E-state index contributed by atoms with van der Waals surface area (Å²) in [6.45, 7) is 3.77. The number of carbonyl (C=O) groups excluding carboxylic acids is 1. The zero-order valence-corrected chi connectivity index (χ0v) is 12.1. The third kappa shape index (κ3) is 3.05. The van der Waals surface area contributed by atoms with Crippen LogP contribution < -0.4 is 5.32 Å². The van der Waals surface area contributed by atoms with E-state index < -0.39 is 5.97 Å². The van der Waals surface area contributed by atoms with Crippen LogP contribution >= 0.6 is 11.6 Å². The Morgan fingerprint density at radius 1 is 1.50 bits per heavy atom. The minimum absolute atomic E-state index is 0.297. The van der Waals surface area contributed by atoms with E-state index in [1.165, 1.54) is 10.9 Å². The third-order valence-corrected chi connectivity index (χ3v) is 2.68. The molecule has 1 N–H and O–H groups in total. The van der Waals surface area contributed by atoms with E-state index in [0.717, 1.165) is 0 Å². The molecule has 7 nitrogen and oxygen atoms in total. The maximum Gasteiger partial charge on any atom is 0.343 e. The molecule has 8 heteroatoms. The van der Waals surface area contributed by atoms with Crippen LogP contribution in [0, 0.1) is 6.92 Å². The van der Waals surface area contributed by atoms with Crippen molar-refractivity contribution < 1.29 is 9.53 Å². The van der Waals surface area contributed by atoms with Crippen LogP contribution in [0.25, 0.3) is 0 Å². The molecule has 0 unspecified atom stereocenters. The first-order chi connectivity index (χ1) is 9.51. The maximum absolute atomic E-state index is 11.8. The lowest BCUT2D eigenvalue weighted by Crippen LogP contribution is -2.09. The monoisotopic (exact) mass is 295 g/mol. The zero-order valence-electron chi connectivity index (χ0n) is 11.3. The van der Waals surface area contributed by atoms with E-state index in [-0.39, 0.29) is 0 Å². The van der Waals surface area contributed by atoms with Crippen LogP contribution in [-0.4, -0.2) is 32.3 Å². The highest BCUT2D eigenvalue weighted by molar-refractivity contribution is 6.29. The van der Waals surface area contributed by atoms with E-state index in [2.05, 4.69) is 20.4 Å². The summed E-state index contributed by atoms with van der Waals surface area (Å²) in [5.41, 5.74) is 0.335. The van der Waals surface area contributed by atoms with Crippen molar-refractivity contribution in [1.29, 1.82) is 0 Å².